The minimum Gasteiger partial charge on any atom is -0.356 e. The Bertz CT molecular complexity index is 851. The minimum absolute atomic E-state index is 0.564. The van der Waals surface area contributed by atoms with Gasteiger partial charge in [-0.2, -0.15) is 0 Å². The lowest BCUT2D eigenvalue weighted by Gasteiger charge is -2.33. The summed E-state index contributed by atoms with van der Waals surface area (Å²) in [5.41, 5.74) is 2.50. The molecule has 1 aromatic carbocycles. The van der Waals surface area contributed by atoms with E-state index >= 15 is 0 Å². The molecule has 4 nitrogen and oxygen atoms in total. The molecule has 1 N–H and O–H groups in total. The summed E-state index contributed by atoms with van der Waals surface area (Å²) in [6.07, 6.45) is 4.15. The van der Waals surface area contributed by atoms with E-state index in [2.05, 4.69) is 64.8 Å². The Hall–Kier alpha value is -1.98. The molecule has 1 aliphatic rings. The van der Waals surface area contributed by atoms with E-state index in [1.165, 1.54) is 29.4 Å². The standard InChI is InChI=1S/C21H26N4S/c1-15(2)22-12-16-8-10-25(11-9-16)20-19-18(17-6-4-3-5-7-17)13-26-21(19)24-14-23-20/h3-7,13-16,22H,8-12H2,1-2H3. The van der Waals surface area contributed by atoms with Gasteiger partial charge in [0.05, 0.1) is 5.39 Å². The van der Waals surface area contributed by atoms with Gasteiger partial charge in [-0.15, -0.1) is 11.3 Å². The first-order chi connectivity index (χ1) is 12.7. The fourth-order valence-corrected chi connectivity index (χ4v) is 4.59. The molecule has 2 aromatic heterocycles. The molecule has 0 unspecified atom stereocenters. The Balaban J connectivity index is 1.59. The SMILES string of the molecule is CC(C)NCC1CCN(c2ncnc3scc(-c4ccccc4)c23)CC1. The summed E-state index contributed by atoms with van der Waals surface area (Å²) < 4.78 is 0. The van der Waals surface area contributed by atoms with Crippen molar-refractivity contribution in [2.75, 3.05) is 24.5 Å². The number of hydrogen-bond donors (Lipinski definition) is 1. The van der Waals surface area contributed by atoms with Gasteiger partial charge in [0, 0.05) is 30.1 Å². The highest BCUT2D eigenvalue weighted by Gasteiger charge is 2.23. The summed E-state index contributed by atoms with van der Waals surface area (Å²) >= 11 is 1.71. The first-order valence-electron chi connectivity index (χ1n) is 9.48. The van der Waals surface area contributed by atoms with Crippen molar-refractivity contribution in [3.63, 3.8) is 0 Å². The zero-order valence-electron chi connectivity index (χ0n) is 15.5. The van der Waals surface area contributed by atoms with Gasteiger partial charge in [-0.05, 0) is 30.9 Å². The largest absolute Gasteiger partial charge is 0.356 e. The molecule has 0 saturated carbocycles. The normalized spacial score (nSPS) is 15.9. The Morgan fingerprint density at radius 2 is 1.92 bits per heavy atom. The highest BCUT2D eigenvalue weighted by atomic mass is 32.1. The van der Waals surface area contributed by atoms with Crippen LogP contribution in [0.3, 0.4) is 0 Å². The lowest BCUT2D eigenvalue weighted by molar-refractivity contribution is 0.370. The quantitative estimate of drug-likeness (QED) is 0.718. The molecular formula is C21H26N4S. The molecule has 0 radical (unpaired) electrons. The van der Waals surface area contributed by atoms with E-state index in [-0.39, 0.29) is 0 Å². The molecule has 4 rings (SSSR count). The lowest BCUT2D eigenvalue weighted by Crippen LogP contribution is -2.39. The van der Waals surface area contributed by atoms with Crippen LogP contribution in [0.25, 0.3) is 21.3 Å². The maximum absolute atomic E-state index is 4.69. The second-order valence-corrected chi connectivity index (χ2v) is 8.24. The zero-order chi connectivity index (χ0) is 17.9. The van der Waals surface area contributed by atoms with Gasteiger partial charge < -0.3 is 10.2 Å². The van der Waals surface area contributed by atoms with E-state index in [0.29, 0.717) is 6.04 Å². The van der Waals surface area contributed by atoms with Crippen molar-refractivity contribution in [1.29, 1.82) is 0 Å². The van der Waals surface area contributed by atoms with E-state index in [4.69, 9.17) is 4.98 Å². The van der Waals surface area contributed by atoms with E-state index in [1.54, 1.807) is 17.7 Å². The minimum atomic E-state index is 0.564. The molecular weight excluding hydrogens is 340 g/mol. The maximum atomic E-state index is 4.69. The summed E-state index contributed by atoms with van der Waals surface area (Å²) in [7, 11) is 0. The topological polar surface area (TPSA) is 41.0 Å². The van der Waals surface area contributed by atoms with Gasteiger partial charge >= 0.3 is 0 Å². The van der Waals surface area contributed by atoms with E-state index < -0.39 is 0 Å². The summed E-state index contributed by atoms with van der Waals surface area (Å²) in [6, 6.07) is 11.1. The summed E-state index contributed by atoms with van der Waals surface area (Å²) in [5.74, 6) is 1.87. The van der Waals surface area contributed by atoms with Crippen LogP contribution in [0.5, 0.6) is 0 Å². The van der Waals surface area contributed by atoms with Gasteiger partial charge in [0.15, 0.2) is 0 Å². The molecule has 1 fully saturated rings. The van der Waals surface area contributed by atoms with Crippen LogP contribution in [0.4, 0.5) is 5.82 Å². The smallest absolute Gasteiger partial charge is 0.141 e. The number of benzene rings is 1. The van der Waals surface area contributed by atoms with Crippen molar-refractivity contribution in [2.45, 2.75) is 32.7 Å². The molecule has 0 atom stereocenters. The zero-order valence-corrected chi connectivity index (χ0v) is 16.3. The first kappa shape index (κ1) is 17.4. The van der Waals surface area contributed by atoms with Crippen LogP contribution < -0.4 is 10.2 Å². The average molecular weight is 367 g/mol. The molecule has 26 heavy (non-hydrogen) atoms. The predicted molar refractivity (Wildman–Crippen MR) is 111 cm³/mol. The van der Waals surface area contributed by atoms with Crippen LogP contribution >= 0.6 is 11.3 Å². The number of hydrogen-bond acceptors (Lipinski definition) is 5. The number of aromatic nitrogens is 2. The third kappa shape index (κ3) is 3.60. The molecule has 3 aromatic rings. The van der Waals surface area contributed by atoms with Crippen LogP contribution in [-0.4, -0.2) is 35.6 Å². The molecule has 5 heteroatoms. The highest BCUT2D eigenvalue weighted by molar-refractivity contribution is 7.17. The number of nitrogens with zero attached hydrogens (tertiary/aromatic N) is 3. The number of anilines is 1. The molecule has 1 saturated heterocycles. The number of rotatable bonds is 5. The molecule has 0 amide bonds. The van der Waals surface area contributed by atoms with E-state index in [0.717, 1.165) is 36.2 Å². The number of nitrogens with one attached hydrogen (secondary N) is 1. The van der Waals surface area contributed by atoms with Crippen LogP contribution in [-0.2, 0) is 0 Å². The summed E-state index contributed by atoms with van der Waals surface area (Å²) in [5, 5.41) is 7.01. The van der Waals surface area contributed by atoms with Gasteiger partial charge in [0.25, 0.3) is 0 Å². The Morgan fingerprint density at radius 1 is 1.15 bits per heavy atom. The van der Waals surface area contributed by atoms with Crippen molar-refractivity contribution in [2.24, 2.45) is 5.92 Å². The Morgan fingerprint density at radius 3 is 2.65 bits per heavy atom. The number of piperidine rings is 1. The third-order valence-electron chi connectivity index (χ3n) is 5.16. The first-order valence-corrected chi connectivity index (χ1v) is 10.4. The molecule has 0 bridgehead atoms. The van der Waals surface area contributed by atoms with Gasteiger partial charge in [-0.25, -0.2) is 9.97 Å². The van der Waals surface area contributed by atoms with Crippen LogP contribution in [0.2, 0.25) is 0 Å². The van der Waals surface area contributed by atoms with Crippen LogP contribution in [0.15, 0.2) is 42.0 Å². The lowest BCUT2D eigenvalue weighted by atomic mass is 9.96. The summed E-state index contributed by atoms with van der Waals surface area (Å²) in [4.78, 5) is 12.7. The molecule has 1 aliphatic heterocycles. The van der Waals surface area contributed by atoms with Crippen molar-refractivity contribution in [3.05, 3.63) is 42.0 Å². The Kier molecular flexibility index (Phi) is 5.18. The average Bonchev–Trinajstić information content (AvgIpc) is 3.12. The number of thiophene rings is 1. The Labute approximate surface area is 159 Å². The predicted octanol–water partition coefficient (Wildman–Crippen LogP) is 4.57. The van der Waals surface area contributed by atoms with Crippen molar-refractivity contribution in [3.8, 4) is 11.1 Å². The third-order valence-corrected chi connectivity index (χ3v) is 6.05. The molecule has 0 aliphatic carbocycles. The van der Waals surface area contributed by atoms with Crippen molar-refractivity contribution < 1.29 is 0 Å². The fourth-order valence-electron chi connectivity index (χ4n) is 3.68. The van der Waals surface area contributed by atoms with E-state index in [1.807, 2.05) is 0 Å². The molecule has 3 heterocycles. The van der Waals surface area contributed by atoms with Crippen molar-refractivity contribution >= 4 is 27.4 Å². The van der Waals surface area contributed by atoms with E-state index in [9.17, 15) is 0 Å². The van der Waals surface area contributed by atoms with Crippen LogP contribution in [0.1, 0.15) is 26.7 Å². The fraction of sp³-hybridized carbons (Fsp3) is 0.429. The van der Waals surface area contributed by atoms with Crippen molar-refractivity contribution in [1.82, 2.24) is 15.3 Å². The maximum Gasteiger partial charge on any atom is 0.141 e. The number of fused-ring (bicyclic) bond motifs is 1. The van der Waals surface area contributed by atoms with Gasteiger partial charge in [-0.1, -0.05) is 44.2 Å². The molecule has 136 valence electrons. The van der Waals surface area contributed by atoms with Gasteiger partial charge in [-0.3, -0.25) is 0 Å². The van der Waals surface area contributed by atoms with Crippen LogP contribution in [0, 0.1) is 5.92 Å². The second kappa shape index (κ2) is 7.72. The monoisotopic (exact) mass is 366 g/mol. The van der Waals surface area contributed by atoms with Gasteiger partial charge in [0.1, 0.15) is 17.0 Å². The highest BCUT2D eigenvalue weighted by Crippen LogP contribution is 2.38. The van der Waals surface area contributed by atoms with Gasteiger partial charge in [0.2, 0.25) is 0 Å². The summed E-state index contributed by atoms with van der Waals surface area (Å²) in [6.45, 7) is 7.70. The second-order valence-electron chi connectivity index (χ2n) is 7.39. The molecule has 0 spiro atoms.